The van der Waals surface area contributed by atoms with E-state index in [4.69, 9.17) is 17.4 Å². The summed E-state index contributed by atoms with van der Waals surface area (Å²) < 4.78 is 0. The van der Waals surface area contributed by atoms with Crippen molar-refractivity contribution < 1.29 is 0 Å². The van der Waals surface area contributed by atoms with Gasteiger partial charge in [-0.1, -0.05) is 17.7 Å². The van der Waals surface area contributed by atoms with E-state index in [1.807, 2.05) is 12.1 Å². The Morgan fingerprint density at radius 1 is 1.53 bits per heavy atom. The maximum atomic E-state index is 6.01. The van der Waals surface area contributed by atoms with Crippen LogP contribution in [0.3, 0.4) is 0 Å². The maximum Gasteiger partial charge on any atom is 0.0475 e. The zero-order chi connectivity index (χ0) is 10.8. The highest BCUT2D eigenvalue weighted by Gasteiger charge is 2.19. The number of rotatable bonds is 1. The number of nitrogens with zero attached hydrogens (tertiary/aromatic N) is 1. The molecule has 1 aromatic rings. The Balaban J connectivity index is 2.41. The van der Waals surface area contributed by atoms with Crippen molar-refractivity contribution >= 4 is 11.6 Å². The topological polar surface area (TPSA) is 41.3 Å². The number of halogens is 1. The Morgan fingerprint density at radius 3 is 3.07 bits per heavy atom. The monoisotopic (exact) mass is 225 g/mol. The number of nitrogens with two attached hydrogens (primary N) is 1. The molecule has 1 heterocycles. The van der Waals surface area contributed by atoms with Gasteiger partial charge >= 0.3 is 0 Å². The van der Waals surface area contributed by atoms with Gasteiger partial charge < -0.3 is 4.90 Å². The zero-order valence-electron chi connectivity index (χ0n) is 8.83. The lowest BCUT2D eigenvalue weighted by atomic mass is 10.00. The second-order valence-corrected chi connectivity index (χ2v) is 4.53. The fourth-order valence-electron chi connectivity index (χ4n) is 2.08. The van der Waals surface area contributed by atoms with E-state index in [0.717, 1.165) is 24.5 Å². The Hall–Kier alpha value is -0.610. The smallest absolute Gasteiger partial charge is 0.0475 e. The number of fused-ring (bicyclic) bond motifs is 1. The minimum atomic E-state index is 0.212. The largest absolute Gasteiger partial charge is 0.302 e. The van der Waals surface area contributed by atoms with Crippen LogP contribution in [0.1, 0.15) is 23.6 Å². The van der Waals surface area contributed by atoms with Gasteiger partial charge in [0.2, 0.25) is 0 Å². The van der Waals surface area contributed by atoms with Crippen LogP contribution in [-0.2, 0) is 6.54 Å². The molecule has 0 saturated carbocycles. The van der Waals surface area contributed by atoms with Gasteiger partial charge in [0.05, 0.1) is 0 Å². The summed E-state index contributed by atoms with van der Waals surface area (Å²) in [5.74, 6) is 5.57. The first kappa shape index (κ1) is 10.9. The third-order valence-electron chi connectivity index (χ3n) is 2.92. The summed E-state index contributed by atoms with van der Waals surface area (Å²) in [6, 6.07) is 6.25. The maximum absolute atomic E-state index is 6.01. The summed E-state index contributed by atoms with van der Waals surface area (Å²) in [6.45, 7) is 2.01. The fraction of sp³-hybridized carbons (Fsp3) is 0.455. The minimum absolute atomic E-state index is 0.212. The quantitative estimate of drug-likeness (QED) is 0.565. The number of hydrogen-bond donors (Lipinski definition) is 2. The number of hydrogen-bond acceptors (Lipinski definition) is 3. The predicted molar refractivity (Wildman–Crippen MR) is 62.5 cm³/mol. The summed E-state index contributed by atoms with van der Waals surface area (Å²) in [4.78, 5) is 2.30. The first-order valence-corrected chi connectivity index (χ1v) is 5.51. The van der Waals surface area contributed by atoms with Gasteiger partial charge in [-0.3, -0.25) is 11.3 Å². The van der Waals surface area contributed by atoms with Gasteiger partial charge in [-0.25, -0.2) is 0 Å². The van der Waals surface area contributed by atoms with E-state index in [-0.39, 0.29) is 6.04 Å². The van der Waals surface area contributed by atoms with Crippen LogP contribution in [0.4, 0.5) is 0 Å². The average Bonchev–Trinajstić information content (AvgIpc) is 2.37. The van der Waals surface area contributed by atoms with Crippen molar-refractivity contribution in [3.63, 3.8) is 0 Å². The van der Waals surface area contributed by atoms with E-state index in [2.05, 4.69) is 23.4 Å². The molecule has 0 spiro atoms. The molecular formula is C11H16ClN3. The van der Waals surface area contributed by atoms with Gasteiger partial charge in [0.25, 0.3) is 0 Å². The van der Waals surface area contributed by atoms with Crippen LogP contribution >= 0.6 is 11.6 Å². The van der Waals surface area contributed by atoms with Gasteiger partial charge in [-0.05, 0) is 36.7 Å². The molecule has 0 fully saturated rings. The molecule has 0 unspecified atom stereocenters. The van der Waals surface area contributed by atoms with Crippen LogP contribution in [0.25, 0.3) is 0 Å². The molecule has 1 aliphatic rings. The lowest BCUT2D eigenvalue weighted by molar-refractivity contribution is 0.318. The van der Waals surface area contributed by atoms with Crippen molar-refractivity contribution in [2.45, 2.75) is 19.0 Å². The second-order valence-electron chi connectivity index (χ2n) is 4.09. The average molecular weight is 226 g/mol. The number of benzene rings is 1. The third-order valence-corrected chi connectivity index (χ3v) is 3.16. The van der Waals surface area contributed by atoms with E-state index in [9.17, 15) is 0 Å². The molecule has 2 rings (SSSR count). The van der Waals surface area contributed by atoms with Crippen molar-refractivity contribution in [1.29, 1.82) is 0 Å². The Morgan fingerprint density at radius 2 is 2.33 bits per heavy atom. The predicted octanol–water partition coefficient (Wildman–Crippen LogP) is 1.68. The molecule has 4 heteroatoms. The van der Waals surface area contributed by atoms with Gasteiger partial charge in [-0.15, -0.1) is 0 Å². The summed E-state index contributed by atoms with van der Waals surface area (Å²) in [5, 5.41) is 0.776. The molecule has 0 radical (unpaired) electrons. The SMILES string of the molecule is CN1CC[C@H](NN)c2cc(Cl)ccc2C1. The minimum Gasteiger partial charge on any atom is -0.302 e. The summed E-state index contributed by atoms with van der Waals surface area (Å²) in [7, 11) is 2.12. The van der Waals surface area contributed by atoms with Crippen LogP contribution in [0.15, 0.2) is 18.2 Å². The van der Waals surface area contributed by atoms with Crippen molar-refractivity contribution in [2.24, 2.45) is 5.84 Å². The summed E-state index contributed by atoms with van der Waals surface area (Å²) >= 11 is 6.01. The highest BCUT2D eigenvalue weighted by molar-refractivity contribution is 6.30. The highest BCUT2D eigenvalue weighted by Crippen LogP contribution is 2.27. The van der Waals surface area contributed by atoms with Gasteiger partial charge in [-0.2, -0.15) is 0 Å². The van der Waals surface area contributed by atoms with Crippen molar-refractivity contribution in [1.82, 2.24) is 10.3 Å². The molecule has 0 saturated heterocycles. The van der Waals surface area contributed by atoms with Crippen molar-refractivity contribution in [2.75, 3.05) is 13.6 Å². The summed E-state index contributed by atoms with van der Waals surface area (Å²) in [5.41, 5.74) is 5.40. The molecule has 3 N–H and O–H groups in total. The van der Waals surface area contributed by atoms with E-state index >= 15 is 0 Å². The molecule has 0 amide bonds. The van der Waals surface area contributed by atoms with Crippen molar-refractivity contribution in [3.05, 3.63) is 34.3 Å². The zero-order valence-corrected chi connectivity index (χ0v) is 9.59. The van der Waals surface area contributed by atoms with Crippen molar-refractivity contribution in [3.8, 4) is 0 Å². The third kappa shape index (κ3) is 2.32. The highest BCUT2D eigenvalue weighted by atomic mass is 35.5. The second kappa shape index (κ2) is 4.49. The van der Waals surface area contributed by atoms with Crippen LogP contribution in [-0.4, -0.2) is 18.5 Å². The number of hydrazine groups is 1. The Kier molecular flexibility index (Phi) is 3.26. The molecule has 0 bridgehead atoms. The van der Waals surface area contributed by atoms with E-state index in [1.165, 1.54) is 11.1 Å². The van der Waals surface area contributed by atoms with Crippen LogP contribution in [0.2, 0.25) is 5.02 Å². The molecule has 15 heavy (non-hydrogen) atoms. The molecule has 0 aromatic heterocycles. The molecule has 82 valence electrons. The lowest BCUT2D eigenvalue weighted by Gasteiger charge is -2.15. The molecule has 0 aliphatic carbocycles. The molecule has 1 atom stereocenters. The summed E-state index contributed by atoms with van der Waals surface area (Å²) in [6.07, 6.45) is 1.01. The van der Waals surface area contributed by atoms with E-state index in [0.29, 0.717) is 0 Å². The van der Waals surface area contributed by atoms with Gasteiger partial charge in [0, 0.05) is 24.2 Å². The van der Waals surface area contributed by atoms with Crippen LogP contribution in [0.5, 0.6) is 0 Å². The fourth-order valence-corrected chi connectivity index (χ4v) is 2.26. The first-order valence-electron chi connectivity index (χ1n) is 5.13. The molecule has 3 nitrogen and oxygen atoms in total. The lowest BCUT2D eigenvalue weighted by Crippen LogP contribution is -2.29. The van der Waals surface area contributed by atoms with Crippen LogP contribution in [0, 0.1) is 0 Å². The van der Waals surface area contributed by atoms with Gasteiger partial charge in [0.1, 0.15) is 0 Å². The Labute approximate surface area is 95.2 Å². The van der Waals surface area contributed by atoms with E-state index in [1.54, 1.807) is 0 Å². The molecule has 1 aliphatic heterocycles. The van der Waals surface area contributed by atoms with Crippen LogP contribution < -0.4 is 11.3 Å². The first-order chi connectivity index (χ1) is 7.20. The Bertz CT molecular complexity index is 354. The number of nitrogens with one attached hydrogen (secondary N) is 1. The molecular weight excluding hydrogens is 210 g/mol. The van der Waals surface area contributed by atoms with Gasteiger partial charge in [0.15, 0.2) is 0 Å². The standard InChI is InChI=1S/C11H16ClN3/c1-15-5-4-11(14-13)10-6-9(12)3-2-8(10)7-15/h2-3,6,11,14H,4-5,7,13H2,1H3/t11-/m0/s1. The molecule has 1 aromatic carbocycles. The van der Waals surface area contributed by atoms with E-state index < -0.39 is 0 Å². The normalized spacial score (nSPS) is 22.2.